The summed E-state index contributed by atoms with van der Waals surface area (Å²) in [6.45, 7) is 3.56. The molecule has 2 fully saturated rings. The molecule has 2 aliphatic heterocycles. The molecule has 2 aliphatic rings. The molecule has 0 aromatic heterocycles. The van der Waals surface area contributed by atoms with E-state index < -0.39 is 80.7 Å². The Bertz CT molecular complexity index is 1440. The van der Waals surface area contributed by atoms with Gasteiger partial charge in [0.05, 0.1) is 26.4 Å². The van der Waals surface area contributed by atoms with Crippen LogP contribution in [0.4, 0.5) is 0 Å². The average molecular weight is 1040 g/mol. The van der Waals surface area contributed by atoms with Gasteiger partial charge in [-0.05, 0) is 57.8 Å². The van der Waals surface area contributed by atoms with Crippen molar-refractivity contribution in [3.63, 3.8) is 0 Å². The number of ether oxygens (including phenoxy) is 6. The molecule has 7 N–H and O–H groups in total. The number of carbonyl (C=O) groups is 1. The van der Waals surface area contributed by atoms with Gasteiger partial charge in [0.2, 0.25) is 0 Å². The van der Waals surface area contributed by atoms with Gasteiger partial charge in [-0.25, -0.2) is 0 Å². The molecule has 11 atom stereocenters. The topological polar surface area (TPSA) is 214 Å². The second-order valence-electron chi connectivity index (χ2n) is 20.1. The van der Waals surface area contributed by atoms with E-state index in [1.54, 1.807) is 0 Å². The van der Waals surface area contributed by atoms with Gasteiger partial charge in [0.15, 0.2) is 12.6 Å². The van der Waals surface area contributed by atoms with E-state index in [1.807, 2.05) is 0 Å². The van der Waals surface area contributed by atoms with Gasteiger partial charge in [0.25, 0.3) is 0 Å². The van der Waals surface area contributed by atoms with Crippen LogP contribution in [-0.4, -0.2) is 142 Å². The van der Waals surface area contributed by atoms with Crippen LogP contribution in [0.5, 0.6) is 0 Å². The molecule has 11 unspecified atom stereocenters. The first kappa shape index (κ1) is 66.8. The standard InChI is InChI=1S/C59H104O14/c1-3-5-7-9-11-13-15-17-19-21-22-23-24-25-27-29-31-33-35-37-39-41-43-68-45-48(71-51(61)42-40-38-36-34-32-30-28-26-20-18-16-14-12-10-8-6-4-2)46-69-58-57(67)55(65)53(63)50(73-58)47-70-59-56(66)54(64)52(62)49(44-60)72-59/h5,7,11,13,17,19,22-23,25,27,48-50,52-60,62-67H,3-4,6,8-10,12,14-16,18,20-21,24,26,28-47H2,1-2H3/b7-5-,13-11-,19-17-,23-22-,27-25-. The van der Waals surface area contributed by atoms with E-state index in [1.165, 1.54) is 89.9 Å². The molecular weight excluding hydrogens is 933 g/mol. The maximum Gasteiger partial charge on any atom is 0.306 e. The third kappa shape index (κ3) is 32.8. The van der Waals surface area contributed by atoms with Gasteiger partial charge in [0.1, 0.15) is 54.9 Å². The number of allylic oxidation sites excluding steroid dienone is 10. The fraction of sp³-hybridized carbons (Fsp3) is 0.814. The van der Waals surface area contributed by atoms with E-state index in [0.717, 1.165) is 89.9 Å². The quantitative estimate of drug-likeness (QED) is 0.0172. The highest BCUT2D eigenvalue weighted by atomic mass is 16.7. The van der Waals surface area contributed by atoms with Crippen molar-refractivity contribution in [1.29, 1.82) is 0 Å². The molecule has 2 saturated heterocycles. The monoisotopic (exact) mass is 1040 g/mol. The van der Waals surface area contributed by atoms with Crippen LogP contribution >= 0.6 is 0 Å². The van der Waals surface area contributed by atoms with Gasteiger partial charge in [-0.2, -0.15) is 0 Å². The molecule has 14 heteroatoms. The molecule has 0 saturated carbocycles. The SMILES string of the molecule is CC/C=C\C/C=C\C/C=C\C/C=C\C/C=C\CCCCCCCCOCC(COC1OC(COC2OC(CO)C(O)C(O)C2O)C(O)C(O)C1O)OC(=O)CCCCCCCCCCCCCCCCCCC. The summed E-state index contributed by atoms with van der Waals surface area (Å²) in [4.78, 5) is 13.1. The minimum atomic E-state index is -1.71. The largest absolute Gasteiger partial charge is 0.457 e. The first-order chi connectivity index (χ1) is 35.6. The summed E-state index contributed by atoms with van der Waals surface area (Å²) >= 11 is 0. The zero-order chi connectivity index (χ0) is 53.0. The smallest absolute Gasteiger partial charge is 0.306 e. The molecule has 0 aromatic rings. The number of esters is 1. The molecule has 73 heavy (non-hydrogen) atoms. The maximum atomic E-state index is 13.1. The van der Waals surface area contributed by atoms with Crippen molar-refractivity contribution in [2.75, 3.05) is 33.0 Å². The highest BCUT2D eigenvalue weighted by molar-refractivity contribution is 5.69. The number of carbonyl (C=O) groups excluding carboxylic acids is 1. The Kier molecular flexibility index (Phi) is 42.0. The zero-order valence-corrected chi connectivity index (χ0v) is 45.4. The number of hydrogen-bond acceptors (Lipinski definition) is 14. The number of aliphatic hydroxyl groups excluding tert-OH is 7. The summed E-state index contributed by atoms with van der Waals surface area (Å²) in [5, 5.41) is 72.3. The van der Waals surface area contributed by atoms with Crippen molar-refractivity contribution in [2.24, 2.45) is 0 Å². The van der Waals surface area contributed by atoms with E-state index in [4.69, 9.17) is 28.4 Å². The highest BCUT2D eigenvalue weighted by Crippen LogP contribution is 2.27. The number of unbranched alkanes of at least 4 members (excludes halogenated alkanes) is 22. The minimum Gasteiger partial charge on any atom is -0.457 e. The van der Waals surface area contributed by atoms with Crippen LogP contribution in [0.3, 0.4) is 0 Å². The van der Waals surface area contributed by atoms with E-state index in [0.29, 0.717) is 13.0 Å². The molecule has 14 nitrogen and oxygen atoms in total. The fourth-order valence-electron chi connectivity index (χ4n) is 8.90. The lowest BCUT2D eigenvalue weighted by Gasteiger charge is -2.42. The lowest BCUT2D eigenvalue weighted by molar-refractivity contribution is -0.332. The molecule has 424 valence electrons. The summed E-state index contributed by atoms with van der Waals surface area (Å²) in [7, 11) is 0. The van der Waals surface area contributed by atoms with Gasteiger partial charge < -0.3 is 64.2 Å². The van der Waals surface area contributed by atoms with Crippen molar-refractivity contribution in [1.82, 2.24) is 0 Å². The Labute approximate surface area is 441 Å². The third-order valence-corrected chi connectivity index (χ3v) is 13.5. The van der Waals surface area contributed by atoms with Crippen molar-refractivity contribution in [3.8, 4) is 0 Å². The predicted molar refractivity (Wildman–Crippen MR) is 289 cm³/mol. The Morgan fingerprint density at radius 2 is 0.890 bits per heavy atom. The molecule has 2 rings (SSSR count). The normalized spacial score (nSPS) is 25.4. The fourth-order valence-corrected chi connectivity index (χ4v) is 8.90. The van der Waals surface area contributed by atoms with Gasteiger partial charge in [-0.15, -0.1) is 0 Å². The van der Waals surface area contributed by atoms with Crippen LogP contribution in [-0.2, 0) is 33.2 Å². The maximum absolute atomic E-state index is 13.1. The van der Waals surface area contributed by atoms with Crippen molar-refractivity contribution in [2.45, 2.75) is 274 Å². The Morgan fingerprint density at radius 3 is 1.40 bits per heavy atom. The molecule has 0 radical (unpaired) electrons. The minimum absolute atomic E-state index is 0.0513. The zero-order valence-electron chi connectivity index (χ0n) is 45.4. The Hall–Kier alpha value is -2.31. The van der Waals surface area contributed by atoms with Crippen LogP contribution in [0.15, 0.2) is 60.8 Å². The van der Waals surface area contributed by atoms with Crippen molar-refractivity contribution in [3.05, 3.63) is 60.8 Å². The number of rotatable bonds is 46. The summed E-state index contributed by atoms with van der Waals surface area (Å²) < 4.78 is 34.4. The number of hydrogen-bond donors (Lipinski definition) is 7. The lowest BCUT2D eigenvalue weighted by atomic mass is 9.98. The summed E-state index contributed by atoms with van der Waals surface area (Å²) in [5.41, 5.74) is 0. The Morgan fingerprint density at radius 1 is 0.466 bits per heavy atom. The molecular formula is C59H104O14. The molecule has 0 aliphatic carbocycles. The van der Waals surface area contributed by atoms with E-state index in [-0.39, 0.29) is 25.6 Å². The first-order valence-corrected chi connectivity index (χ1v) is 28.9. The van der Waals surface area contributed by atoms with Crippen LogP contribution in [0.1, 0.15) is 206 Å². The second kappa shape index (κ2) is 45.8. The van der Waals surface area contributed by atoms with Gasteiger partial charge in [-0.3, -0.25) is 4.79 Å². The first-order valence-electron chi connectivity index (χ1n) is 28.9. The lowest BCUT2D eigenvalue weighted by Crippen LogP contribution is -2.61. The molecule has 0 amide bonds. The van der Waals surface area contributed by atoms with E-state index in [2.05, 4.69) is 74.6 Å². The van der Waals surface area contributed by atoms with E-state index >= 15 is 0 Å². The molecule has 0 bridgehead atoms. The molecule has 2 heterocycles. The summed E-state index contributed by atoms with van der Waals surface area (Å²) in [6.07, 6.45) is 39.9. The summed E-state index contributed by atoms with van der Waals surface area (Å²) in [5.74, 6) is -0.380. The highest BCUT2D eigenvalue weighted by Gasteiger charge is 2.47. The van der Waals surface area contributed by atoms with Gasteiger partial charge in [-0.1, -0.05) is 203 Å². The van der Waals surface area contributed by atoms with Crippen molar-refractivity contribution < 1.29 is 69.0 Å². The van der Waals surface area contributed by atoms with Crippen LogP contribution < -0.4 is 0 Å². The summed E-state index contributed by atoms with van der Waals surface area (Å²) in [6, 6.07) is 0. The third-order valence-electron chi connectivity index (χ3n) is 13.5. The van der Waals surface area contributed by atoms with E-state index in [9.17, 15) is 40.5 Å². The average Bonchev–Trinajstić information content (AvgIpc) is 3.39. The Balaban J connectivity index is 1.73. The molecule has 0 spiro atoms. The van der Waals surface area contributed by atoms with Crippen LogP contribution in [0.2, 0.25) is 0 Å². The second-order valence-corrected chi connectivity index (χ2v) is 20.1. The van der Waals surface area contributed by atoms with Crippen LogP contribution in [0, 0.1) is 0 Å². The number of aliphatic hydroxyl groups is 7. The molecule has 0 aromatic carbocycles. The predicted octanol–water partition coefficient (Wildman–Crippen LogP) is 10.1. The van der Waals surface area contributed by atoms with Crippen LogP contribution in [0.25, 0.3) is 0 Å². The van der Waals surface area contributed by atoms with Gasteiger partial charge >= 0.3 is 5.97 Å². The van der Waals surface area contributed by atoms with Gasteiger partial charge in [0, 0.05) is 13.0 Å². The van der Waals surface area contributed by atoms with Crippen molar-refractivity contribution >= 4 is 5.97 Å².